The Morgan fingerprint density at radius 3 is 2.05 bits per heavy atom. The minimum absolute atomic E-state index is 0.455. The second kappa shape index (κ2) is 8.99. The number of para-hydroxylation sites is 3. The fraction of sp³-hybridized carbons (Fsp3) is 0. The zero-order valence-corrected chi connectivity index (χ0v) is 21.3. The number of pyridine rings is 1. The molecular weight excluding hydrogens is 494 g/mol. The maximum atomic E-state index is 6.17. The van der Waals surface area contributed by atoms with E-state index < -0.39 is 0 Å². The van der Waals surface area contributed by atoms with Gasteiger partial charge in [0.2, 0.25) is 5.89 Å². The third kappa shape index (κ3) is 3.74. The molecule has 0 atom stereocenters. The summed E-state index contributed by atoms with van der Waals surface area (Å²) in [4.78, 5) is 14.4. The van der Waals surface area contributed by atoms with Gasteiger partial charge in [-0.05, 0) is 75.1 Å². The zero-order chi connectivity index (χ0) is 26.5. The van der Waals surface area contributed by atoms with Crippen LogP contribution in [0.1, 0.15) is 0 Å². The van der Waals surface area contributed by atoms with E-state index in [1.807, 2.05) is 54.6 Å². The number of fused-ring (bicyclic) bond motifs is 3. The molecular formula is C34H21N5O. The van der Waals surface area contributed by atoms with E-state index in [-0.39, 0.29) is 0 Å². The molecule has 6 nitrogen and oxygen atoms in total. The number of hydrogen-bond acceptors (Lipinski definition) is 5. The fourth-order valence-electron chi connectivity index (χ4n) is 5.29. The van der Waals surface area contributed by atoms with Crippen molar-refractivity contribution in [3.05, 3.63) is 128 Å². The highest BCUT2D eigenvalue weighted by molar-refractivity contribution is 6.13. The van der Waals surface area contributed by atoms with Crippen LogP contribution in [0, 0.1) is 0 Å². The van der Waals surface area contributed by atoms with Gasteiger partial charge in [0, 0.05) is 0 Å². The second-order valence-corrected chi connectivity index (χ2v) is 9.66. The highest BCUT2D eigenvalue weighted by Gasteiger charge is 2.18. The molecule has 0 bridgehead atoms. The van der Waals surface area contributed by atoms with Crippen LogP contribution in [0.25, 0.3) is 72.6 Å². The summed E-state index contributed by atoms with van der Waals surface area (Å²) in [5.74, 6) is 0.976. The van der Waals surface area contributed by atoms with E-state index in [0.717, 1.165) is 33.1 Å². The molecule has 0 radical (unpaired) electrons. The molecule has 0 aliphatic rings. The van der Waals surface area contributed by atoms with Crippen molar-refractivity contribution in [1.82, 2.24) is 24.7 Å². The quantitative estimate of drug-likeness (QED) is 0.221. The molecule has 6 heteroatoms. The first-order valence-electron chi connectivity index (χ1n) is 13.1. The predicted octanol–water partition coefficient (Wildman–Crippen LogP) is 8.11. The maximum Gasteiger partial charge on any atom is 0.246 e. The molecule has 40 heavy (non-hydrogen) atoms. The van der Waals surface area contributed by atoms with Gasteiger partial charge >= 0.3 is 0 Å². The summed E-state index contributed by atoms with van der Waals surface area (Å²) < 4.78 is 7.93. The lowest BCUT2D eigenvalue weighted by Crippen LogP contribution is -1.96. The van der Waals surface area contributed by atoms with Crippen LogP contribution in [0.2, 0.25) is 0 Å². The molecule has 8 aromatic rings. The Hall–Kier alpha value is -5.62. The highest BCUT2D eigenvalue weighted by atomic mass is 16.3. The standard InChI is InChI=1S/C34H21N5O/c1-2-12-25(13-3-1)39-21-35-33(38-39)29-19-24(20-30(36-29)34-37-28-16-8-9-17-31(28)40-34)32-26-14-6-4-10-22(26)18-23-11-5-7-15-27(23)32/h1-21H. The van der Waals surface area contributed by atoms with Crippen LogP contribution in [-0.4, -0.2) is 24.7 Å². The Morgan fingerprint density at radius 1 is 0.600 bits per heavy atom. The lowest BCUT2D eigenvalue weighted by molar-refractivity contribution is 0.617. The van der Waals surface area contributed by atoms with E-state index in [0.29, 0.717) is 28.7 Å². The molecule has 5 aromatic carbocycles. The Labute approximate surface area is 229 Å². The smallest absolute Gasteiger partial charge is 0.246 e. The first-order chi connectivity index (χ1) is 19.8. The first kappa shape index (κ1) is 22.4. The van der Waals surface area contributed by atoms with Crippen molar-refractivity contribution in [2.24, 2.45) is 0 Å². The van der Waals surface area contributed by atoms with Gasteiger partial charge in [-0.3, -0.25) is 0 Å². The van der Waals surface area contributed by atoms with E-state index in [1.165, 1.54) is 10.8 Å². The first-order valence-corrected chi connectivity index (χ1v) is 13.1. The second-order valence-electron chi connectivity index (χ2n) is 9.66. The number of aromatic nitrogens is 5. The maximum absolute atomic E-state index is 6.17. The Kier molecular flexibility index (Phi) is 5.03. The summed E-state index contributed by atoms with van der Waals surface area (Å²) in [5, 5.41) is 9.44. The van der Waals surface area contributed by atoms with E-state index in [9.17, 15) is 0 Å². The van der Waals surface area contributed by atoms with Gasteiger partial charge in [-0.15, -0.1) is 5.10 Å². The highest BCUT2D eigenvalue weighted by Crippen LogP contribution is 2.39. The molecule has 0 aliphatic carbocycles. The molecule has 0 aliphatic heterocycles. The number of rotatable bonds is 4. The summed E-state index contributed by atoms with van der Waals surface area (Å²) in [5.41, 5.74) is 5.81. The summed E-state index contributed by atoms with van der Waals surface area (Å²) in [7, 11) is 0. The van der Waals surface area contributed by atoms with Crippen LogP contribution < -0.4 is 0 Å². The lowest BCUT2D eigenvalue weighted by Gasteiger charge is -2.13. The van der Waals surface area contributed by atoms with E-state index >= 15 is 0 Å². The molecule has 0 fully saturated rings. The zero-order valence-electron chi connectivity index (χ0n) is 21.3. The van der Waals surface area contributed by atoms with E-state index in [1.54, 1.807) is 11.0 Å². The van der Waals surface area contributed by atoms with E-state index in [4.69, 9.17) is 19.5 Å². The SMILES string of the molecule is c1ccc(-n2cnc(-c3cc(-c4c5ccccc5cc5ccccc45)cc(-c4nc5ccccc5o4)n3)n2)cc1. The molecule has 3 aromatic heterocycles. The van der Waals surface area contributed by atoms with Crippen molar-refractivity contribution in [2.45, 2.75) is 0 Å². The van der Waals surface area contributed by atoms with Gasteiger partial charge in [-0.25, -0.2) is 19.6 Å². The summed E-state index contributed by atoms with van der Waals surface area (Å²) >= 11 is 0. The third-order valence-electron chi connectivity index (χ3n) is 7.14. The van der Waals surface area contributed by atoms with E-state index in [2.05, 4.69) is 71.7 Å². The van der Waals surface area contributed by atoms with Crippen LogP contribution in [0.15, 0.2) is 132 Å². The van der Waals surface area contributed by atoms with Gasteiger partial charge < -0.3 is 4.42 Å². The van der Waals surface area contributed by atoms with Crippen molar-refractivity contribution in [3.63, 3.8) is 0 Å². The van der Waals surface area contributed by atoms with Crippen molar-refractivity contribution < 1.29 is 4.42 Å². The summed E-state index contributed by atoms with van der Waals surface area (Å²) in [6, 6.07) is 41.0. The Balaban J connectivity index is 1.40. The molecule has 0 spiro atoms. The number of oxazole rings is 1. The largest absolute Gasteiger partial charge is 0.435 e. The predicted molar refractivity (Wildman–Crippen MR) is 158 cm³/mol. The molecule has 0 amide bonds. The Morgan fingerprint density at radius 2 is 1.27 bits per heavy atom. The van der Waals surface area contributed by atoms with Gasteiger partial charge in [0.25, 0.3) is 0 Å². The van der Waals surface area contributed by atoms with Crippen molar-refractivity contribution >= 4 is 32.6 Å². The van der Waals surface area contributed by atoms with Gasteiger partial charge in [-0.2, -0.15) is 0 Å². The number of hydrogen-bond donors (Lipinski definition) is 0. The van der Waals surface area contributed by atoms with Gasteiger partial charge in [0.05, 0.1) is 5.69 Å². The Bertz CT molecular complexity index is 2090. The summed E-state index contributed by atoms with van der Waals surface area (Å²) in [6.45, 7) is 0. The normalized spacial score (nSPS) is 11.5. The van der Waals surface area contributed by atoms with Crippen LogP contribution in [0.3, 0.4) is 0 Å². The lowest BCUT2D eigenvalue weighted by atomic mass is 9.91. The molecule has 188 valence electrons. The summed E-state index contributed by atoms with van der Waals surface area (Å²) in [6.07, 6.45) is 1.71. The van der Waals surface area contributed by atoms with Crippen molar-refractivity contribution in [3.8, 4) is 39.9 Å². The monoisotopic (exact) mass is 515 g/mol. The number of nitrogens with zero attached hydrogens (tertiary/aromatic N) is 5. The minimum atomic E-state index is 0.455. The van der Waals surface area contributed by atoms with Gasteiger partial charge in [0.1, 0.15) is 23.2 Å². The molecule has 3 heterocycles. The molecule has 0 unspecified atom stereocenters. The molecule has 0 N–H and O–H groups in total. The molecule has 8 rings (SSSR count). The topological polar surface area (TPSA) is 69.6 Å². The molecule has 0 saturated heterocycles. The van der Waals surface area contributed by atoms with Crippen molar-refractivity contribution in [2.75, 3.05) is 0 Å². The third-order valence-corrected chi connectivity index (χ3v) is 7.14. The van der Waals surface area contributed by atoms with Gasteiger partial charge in [0.15, 0.2) is 11.4 Å². The fourth-order valence-corrected chi connectivity index (χ4v) is 5.29. The minimum Gasteiger partial charge on any atom is -0.435 e. The van der Waals surface area contributed by atoms with Crippen molar-refractivity contribution in [1.29, 1.82) is 0 Å². The number of benzene rings is 5. The average Bonchev–Trinajstić information content (AvgIpc) is 3.68. The van der Waals surface area contributed by atoms with Crippen LogP contribution in [0.4, 0.5) is 0 Å². The molecule has 0 saturated carbocycles. The van der Waals surface area contributed by atoms with Crippen LogP contribution >= 0.6 is 0 Å². The van der Waals surface area contributed by atoms with Crippen LogP contribution in [-0.2, 0) is 0 Å². The average molecular weight is 516 g/mol. The van der Waals surface area contributed by atoms with Crippen LogP contribution in [0.5, 0.6) is 0 Å². The van der Waals surface area contributed by atoms with Gasteiger partial charge in [-0.1, -0.05) is 78.9 Å².